The van der Waals surface area contributed by atoms with Crippen molar-refractivity contribution in [2.75, 3.05) is 39.0 Å². The van der Waals surface area contributed by atoms with Crippen molar-refractivity contribution in [3.63, 3.8) is 0 Å². The number of hydrogen-bond donors (Lipinski definition) is 2. The number of guanidine groups is 1. The lowest BCUT2D eigenvalue weighted by molar-refractivity contribution is 0.273. The highest BCUT2D eigenvalue weighted by molar-refractivity contribution is 14.0. The van der Waals surface area contributed by atoms with Crippen molar-refractivity contribution in [1.29, 1.82) is 0 Å². The molecule has 0 bridgehead atoms. The molecule has 0 aromatic carbocycles. The van der Waals surface area contributed by atoms with E-state index in [-0.39, 0.29) is 29.7 Å². The average Bonchev–Trinajstić information content (AvgIpc) is 2.44. The van der Waals surface area contributed by atoms with Gasteiger partial charge in [0.25, 0.3) is 0 Å². The molecule has 0 aliphatic carbocycles. The lowest BCUT2D eigenvalue weighted by Crippen LogP contribution is -2.45. The first-order chi connectivity index (χ1) is 9.48. The molecule has 21 heavy (non-hydrogen) atoms. The molecule has 0 unspecified atom stereocenters. The number of halogens is 1. The van der Waals surface area contributed by atoms with E-state index in [0.29, 0.717) is 6.54 Å². The highest BCUT2D eigenvalue weighted by atomic mass is 127. The molecule has 126 valence electrons. The smallest absolute Gasteiger partial charge is 0.211 e. The molecule has 0 aromatic rings. The van der Waals surface area contributed by atoms with Crippen LogP contribution in [0.3, 0.4) is 0 Å². The number of hydrogen-bond acceptors (Lipinski definition) is 3. The molecule has 1 saturated heterocycles. The molecule has 8 heteroatoms. The molecule has 0 saturated carbocycles. The number of nitrogens with zero attached hydrogens (tertiary/aromatic N) is 2. The highest BCUT2D eigenvalue weighted by Crippen LogP contribution is 2.15. The van der Waals surface area contributed by atoms with Crippen LogP contribution >= 0.6 is 24.0 Å². The summed E-state index contributed by atoms with van der Waals surface area (Å²) < 4.78 is 25.1. The summed E-state index contributed by atoms with van der Waals surface area (Å²) in [5.41, 5.74) is 0. The van der Waals surface area contributed by atoms with Gasteiger partial charge in [-0.05, 0) is 32.1 Å². The Kier molecular flexibility index (Phi) is 10.6. The molecular formula is C13H29IN4O2S. The molecular weight excluding hydrogens is 403 g/mol. The summed E-state index contributed by atoms with van der Waals surface area (Å²) in [5.74, 6) is 1.86. The number of rotatable bonds is 6. The second kappa shape index (κ2) is 10.6. The van der Waals surface area contributed by atoms with Gasteiger partial charge in [-0.2, -0.15) is 0 Å². The maximum Gasteiger partial charge on any atom is 0.211 e. The summed E-state index contributed by atoms with van der Waals surface area (Å²) in [6, 6.07) is 0. The van der Waals surface area contributed by atoms with Gasteiger partial charge in [0, 0.05) is 33.2 Å². The van der Waals surface area contributed by atoms with Gasteiger partial charge in [0.05, 0.1) is 5.75 Å². The van der Waals surface area contributed by atoms with Gasteiger partial charge < -0.3 is 10.2 Å². The highest BCUT2D eigenvalue weighted by Gasteiger charge is 2.18. The number of likely N-dealkylation sites (tertiary alicyclic amines) is 1. The van der Waals surface area contributed by atoms with Crippen LogP contribution in [-0.2, 0) is 10.0 Å². The number of piperidine rings is 1. The van der Waals surface area contributed by atoms with Gasteiger partial charge >= 0.3 is 0 Å². The van der Waals surface area contributed by atoms with Crippen LogP contribution in [0, 0.1) is 5.92 Å². The van der Waals surface area contributed by atoms with E-state index in [4.69, 9.17) is 0 Å². The number of sulfonamides is 1. The monoisotopic (exact) mass is 432 g/mol. The molecule has 1 rings (SSSR count). The zero-order valence-corrected chi connectivity index (χ0v) is 16.4. The van der Waals surface area contributed by atoms with Crippen LogP contribution in [0.15, 0.2) is 4.99 Å². The first-order valence-electron chi connectivity index (χ1n) is 7.41. The quantitative estimate of drug-likeness (QED) is 0.287. The minimum absolute atomic E-state index is 0. The normalized spacial score (nSPS) is 17.5. The Balaban J connectivity index is 0.00000400. The van der Waals surface area contributed by atoms with E-state index in [9.17, 15) is 8.42 Å². The van der Waals surface area contributed by atoms with E-state index >= 15 is 0 Å². The SMILES string of the molecule is CCS(=O)(=O)NCCCNC(=NC)N1CCC(C)CC1.I. The van der Waals surface area contributed by atoms with Gasteiger partial charge in [-0.25, -0.2) is 13.1 Å². The summed E-state index contributed by atoms with van der Waals surface area (Å²) in [4.78, 5) is 6.57. The molecule has 1 fully saturated rings. The van der Waals surface area contributed by atoms with Crippen molar-refractivity contribution in [2.24, 2.45) is 10.9 Å². The Morgan fingerprint density at radius 3 is 2.43 bits per heavy atom. The second-order valence-electron chi connectivity index (χ2n) is 5.29. The zero-order chi connectivity index (χ0) is 15.0. The Morgan fingerprint density at radius 2 is 1.90 bits per heavy atom. The third kappa shape index (κ3) is 8.20. The molecule has 0 radical (unpaired) electrons. The lowest BCUT2D eigenvalue weighted by atomic mass is 10.00. The van der Waals surface area contributed by atoms with E-state index < -0.39 is 10.0 Å². The summed E-state index contributed by atoms with van der Waals surface area (Å²) >= 11 is 0. The van der Waals surface area contributed by atoms with Gasteiger partial charge in [-0.3, -0.25) is 4.99 Å². The van der Waals surface area contributed by atoms with Crippen molar-refractivity contribution in [2.45, 2.75) is 33.1 Å². The van der Waals surface area contributed by atoms with Crippen molar-refractivity contribution < 1.29 is 8.42 Å². The first kappa shape index (κ1) is 20.9. The Hall–Kier alpha value is -0.0900. The minimum atomic E-state index is -3.07. The second-order valence-corrected chi connectivity index (χ2v) is 7.39. The molecule has 1 heterocycles. The van der Waals surface area contributed by atoms with Gasteiger partial charge in [-0.1, -0.05) is 6.92 Å². The molecule has 2 N–H and O–H groups in total. The van der Waals surface area contributed by atoms with Crippen molar-refractivity contribution >= 4 is 40.0 Å². The molecule has 1 aliphatic heterocycles. The van der Waals surface area contributed by atoms with Crippen molar-refractivity contribution in [3.8, 4) is 0 Å². The van der Waals surface area contributed by atoms with E-state index in [1.165, 1.54) is 12.8 Å². The summed E-state index contributed by atoms with van der Waals surface area (Å²) in [5, 5.41) is 3.30. The molecule has 0 amide bonds. The van der Waals surface area contributed by atoms with E-state index in [1.54, 1.807) is 14.0 Å². The fraction of sp³-hybridized carbons (Fsp3) is 0.923. The zero-order valence-electron chi connectivity index (χ0n) is 13.3. The Labute approximate surface area is 146 Å². The summed E-state index contributed by atoms with van der Waals surface area (Å²) in [7, 11) is -1.28. The molecule has 0 atom stereocenters. The Bertz CT molecular complexity index is 406. The standard InChI is InChI=1S/C13H28N4O2S.HI/c1-4-20(18,19)16-9-5-8-15-13(14-3)17-10-6-12(2)7-11-17;/h12,16H,4-11H2,1-3H3,(H,14,15);1H. The number of aliphatic imine (C=N–C) groups is 1. The maximum absolute atomic E-state index is 11.3. The van der Waals surface area contributed by atoms with E-state index in [0.717, 1.165) is 37.9 Å². The molecule has 0 spiro atoms. The molecule has 6 nitrogen and oxygen atoms in total. The fourth-order valence-electron chi connectivity index (χ4n) is 2.17. The lowest BCUT2D eigenvalue weighted by Gasteiger charge is -2.32. The van der Waals surface area contributed by atoms with Crippen LogP contribution in [0.2, 0.25) is 0 Å². The van der Waals surface area contributed by atoms with E-state index in [2.05, 4.69) is 26.9 Å². The largest absolute Gasteiger partial charge is 0.356 e. The van der Waals surface area contributed by atoms with Crippen LogP contribution in [-0.4, -0.2) is 58.3 Å². The van der Waals surface area contributed by atoms with Crippen LogP contribution < -0.4 is 10.0 Å². The van der Waals surface area contributed by atoms with Gasteiger partial charge in [0.2, 0.25) is 10.0 Å². The number of nitrogens with one attached hydrogen (secondary N) is 2. The Morgan fingerprint density at radius 1 is 1.29 bits per heavy atom. The molecule has 0 aromatic heterocycles. The van der Waals surface area contributed by atoms with Crippen LogP contribution in [0.4, 0.5) is 0 Å². The van der Waals surface area contributed by atoms with E-state index in [1.807, 2.05) is 0 Å². The van der Waals surface area contributed by atoms with Crippen LogP contribution in [0.5, 0.6) is 0 Å². The molecule has 1 aliphatic rings. The summed E-state index contributed by atoms with van der Waals surface area (Å²) in [6.07, 6.45) is 3.16. The topological polar surface area (TPSA) is 73.8 Å². The third-order valence-corrected chi connectivity index (χ3v) is 5.04. The van der Waals surface area contributed by atoms with Gasteiger partial charge in [0.1, 0.15) is 0 Å². The fourth-order valence-corrected chi connectivity index (χ4v) is 2.83. The maximum atomic E-state index is 11.3. The first-order valence-corrected chi connectivity index (χ1v) is 9.06. The van der Waals surface area contributed by atoms with Crippen LogP contribution in [0.25, 0.3) is 0 Å². The van der Waals surface area contributed by atoms with Gasteiger partial charge in [-0.15, -0.1) is 24.0 Å². The minimum Gasteiger partial charge on any atom is -0.356 e. The van der Waals surface area contributed by atoms with Crippen molar-refractivity contribution in [1.82, 2.24) is 14.9 Å². The predicted octanol–water partition coefficient (Wildman–Crippen LogP) is 1.24. The van der Waals surface area contributed by atoms with Gasteiger partial charge in [0.15, 0.2) is 5.96 Å². The third-order valence-electron chi connectivity index (χ3n) is 3.63. The van der Waals surface area contributed by atoms with Crippen molar-refractivity contribution in [3.05, 3.63) is 0 Å². The predicted molar refractivity (Wildman–Crippen MR) is 98.8 cm³/mol. The average molecular weight is 432 g/mol. The summed E-state index contributed by atoms with van der Waals surface area (Å²) in [6.45, 7) is 7.21. The van der Waals surface area contributed by atoms with Crippen LogP contribution in [0.1, 0.15) is 33.1 Å².